The Balaban J connectivity index is 2.05. The molecule has 0 atom stereocenters. The van der Waals surface area contributed by atoms with E-state index < -0.39 is 0 Å². The fourth-order valence-corrected chi connectivity index (χ4v) is 3.40. The summed E-state index contributed by atoms with van der Waals surface area (Å²) >= 11 is 3.55. The van der Waals surface area contributed by atoms with E-state index in [0.717, 1.165) is 41.5 Å². The average Bonchev–Trinajstić information content (AvgIpc) is 2.61. The van der Waals surface area contributed by atoms with Gasteiger partial charge in [0.1, 0.15) is 5.78 Å². The Morgan fingerprint density at radius 2 is 2.21 bits per heavy atom. The van der Waals surface area contributed by atoms with Gasteiger partial charge in [0, 0.05) is 27.0 Å². The fourth-order valence-electron chi connectivity index (χ4n) is 2.64. The summed E-state index contributed by atoms with van der Waals surface area (Å²) in [7, 11) is 3.60. The number of ketones is 1. The molecule has 0 amide bonds. The van der Waals surface area contributed by atoms with Crippen molar-refractivity contribution in [2.75, 3.05) is 7.11 Å². The van der Waals surface area contributed by atoms with E-state index >= 15 is 0 Å². The Morgan fingerprint density at radius 1 is 1.53 bits per heavy atom. The van der Waals surface area contributed by atoms with Crippen LogP contribution in [-0.4, -0.2) is 28.3 Å². The van der Waals surface area contributed by atoms with Crippen LogP contribution in [0, 0.1) is 0 Å². The van der Waals surface area contributed by atoms with Gasteiger partial charge in [-0.15, -0.1) is 0 Å². The molecule has 19 heavy (non-hydrogen) atoms. The number of aromatic nitrogens is 2. The van der Waals surface area contributed by atoms with Crippen molar-refractivity contribution in [1.29, 1.82) is 0 Å². The average molecular weight is 329 g/mol. The van der Waals surface area contributed by atoms with E-state index in [0.29, 0.717) is 12.8 Å². The highest BCUT2D eigenvalue weighted by molar-refractivity contribution is 9.10. The second-order valence-corrected chi connectivity index (χ2v) is 6.11. The minimum Gasteiger partial charge on any atom is -0.378 e. The summed E-state index contributed by atoms with van der Waals surface area (Å²) in [5.74, 6) is 0.230. The van der Waals surface area contributed by atoms with Crippen molar-refractivity contribution in [3.05, 3.63) is 15.9 Å². The van der Waals surface area contributed by atoms with Crippen molar-refractivity contribution in [2.24, 2.45) is 7.05 Å². The Hall–Kier alpha value is -0.680. The zero-order valence-electron chi connectivity index (χ0n) is 11.8. The van der Waals surface area contributed by atoms with E-state index in [-0.39, 0.29) is 11.4 Å². The number of nitrogens with zero attached hydrogens (tertiary/aromatic N) is 2. The van der Waals surface area contributed by atoms with Gasteiger partial charge in [-0.05, 0) is 41.6 Å². The smallest absolute Gasteiger partial charge is 0.141 e. The fraction of sp³-hybridized carbons (Fsp3) is 0.714. The van der Waals surface area contributed by atoms with Gasteiger partial charge in [-0.3, -0.25) is 9.48 Å². The van der Waals surface area contributed by atoms with Gasteiger partial charge in [-0.25, -0.2) is 0 Å². The Bertz CT molecular complexity index is 473. The molecular weight excluding hydrogens is 308 g/mol. The number of aryl methyl sites for hydroxylation is 2. The van der Waals surface area contributed by atoms with Crippen LogP contribution in [0.1, 0.15) is 44.0 Å². The quantitative estimate of drug-likeness (QED) is 0.806. The predicted molar refractivity (Wildman–Crippen MR) is 77.2 cm³/mol. The van der Waals surface area contributed by atoms with Crippen LogP contribution in [-0.2, 0) is 29.4 Å². The van der Waals surface area contributed by atoms with Gasteiger partial charge >= 0.3 is 0 Å². The number of ether oxygens (including phenoxy) is 1. The van der Waals surface area contributed by atoms with E-state index in [9.17, 15) is 4.79 Å². The summed E-state index contributed by atoms with van der Waals surface area (Å²) in [6.07, 6.45) is 4.98. The van der Waals surface area contributed by atoms with Crippen molar-refractivity contribution in [3.8, 4) is 0 Å². The third-order valence-electron chi connectivity index (χ3n) is 4.08. The molecule has 0 spiro atoms. The zero-order valence-corrected chi connectivity index (χ0v) is 13.4. The zero-order chi connectivity index (χ0) is 14.0. The molecule has 0 aromatic carbocycles. The topological polar surface area (TPSA) is 44.1 Å². The highest BCUT2D eigenvalue weighted by Crippen LogP contribution is 2.38. The first-order chi connectivity index (χ1) is 9.01. The molecule has 0 bridgehead atoms. The molecule has 1 aliphatic carbocycles. The Kier molecular flexibility index (Phi) is 4.46. The second kappa shape index (κ2) is 5.75. The molecule has 1 aliphatic rings. The highest BCUT2D eigenvalue weighted by Gasteiger charge is 2.39. The summed E-state index contributed by atoms with van der Waals surface area (Å²) in [5.41, 5.74) is 1.79. The van der Waals surface area contributed by atoms with Crippen molar-refractivity contribution in [2.45, 2.75) is 51.0 Å². The molecule has 0 aliphatic heterocycles. The molecule has 1 aromatic rings. The predicted octanol–water partition coefficient (Wildman–Crippen LogP) is 2.82. The largest absolute Gasteiger partial charge is 0.378 e. The number of methoxy groups -OCH3 is 1. The third kappa shape index (κ3) is 2.92. The summed E-state index contributed by atoms with van der Waals surface area (Å²) in [6, 6.07) is 0. The SMILES string of the molecule is CCc1nn(C)c(CC(=O)CC2(OC)CCC2)c1Br. The number of rotatable bonds is 6. The summed E-state index contributed by atoms with van der Waals surface area (Å²) in [5, 5.41) is 4.42. The van der Waals surface area contributed by atoms with Gasteiger partial charge in [0.15, 0.2) is 0 Å². The van der Waals surface area contributed by atoms with Crippen LogP contribution in [0.15, 0.2) is 4.47 Å². The van der Waals surface area contributed by atoms with Crippen molar-refractivity contribution in [3.63, 3.8) is 0 Å². The standard InChI is InChI=1S/C14H21BrN2O2/c1-4-11-13(15)12(17(2)16-11)8-10(18)9-14(19-3)6-5-7-14/h4-9H2,1-3H3. The molecular formula is C14H21BrN2O2. The van der Waals surface area contributed by atoms with Crippen LogP contribution in [0.2, 0.25) is 0 Å². The minimum absolute atomic E-state index is 0.185. The summed E-state index contributed by atoms with van der Waals surface area (Å²) in [6.45, 7) is 2.06. The van der Waals surface area contributed by atoms with Crippen LogP contribution in [0.25, 0.3) is 0 Å². The summed E-state index contributed by atoms with van der Waals surface area (Å²) < 4.78 is 8.30. The van der Waals surface area contributed by atoms with E-state index in [4.69, 9.17) is 4.74 Å². The van der Waals surface area contributed by atoms with Gasteiger partial charge in [0.05, 0.1) is 21.5 Å². The van der Waals surface area contributed by atoms with Crippen LogP contribution < -0.4 is 0 Å². The molecule has 0 saturated heterocycles. The lowest BCUT2D eigenvalue weighted by molar-refractivity contribution is -0.131. The highest BCUT2D eigenvalue weighted by atomic mass is 79.9. The monoisotopic (exact) mass is 328 g/mol. The molecule has 0 unspecified atom stereocenters. The van der Waals surface area contributed by atoms with Gasteiger partial charge in [-0.2, -0.15) is 5.10 Å². The number of halogens is 1. The van der Waals surface area contributed by atoms with E-state index in [1.54, 1.807) is 11.8 Å². The first-order valence-electron chi connectivity index (χ1n) is 6.78. The number of Topliss-reactive ketones (excluding diaryl/α,β-unsaturated/α-hetero) is 1. The van der Waals surface area contributed by atoms with Crippen LogP contribution in [0.4, 0.5) is 0 Å². The van der Waals surface area contributed by atoms with Crippen molar-refractivity contribution in [1.82, 2.24) is 9.78 Å². The van der Waals surface area contributed by atoms with Crippen LogP contribution >= 0.6 is 15.9 Å². The van der Waals surface area contributed by atoms with Crippen LogP contribution in [0.3, 0.4) is 0 Å². The Morgan fingerprint density at radius 3 is 2.63 bits per heavy atom. The molecule has 5 heteroatoms. The van der Waals surface area contributed by atoms with Gasteiger partial charge in [0.2, 0.25) is 0 Å². The van der Waals surface area contributed by atoms with E-state index in [1.807, 2.05) is 7.05 Å². The number of hydrogen-bond donors (Lipinski definition) is 0. The normalized spacial score (nSPS) is 17.3. The van der Waals surface area contributed by atoms with Gasteiger partial charge < -0.3 is 4.74 Å². The molecule has 1 aromatic heterocycles. The number of carbonyl (C=O) groups is 1. The first kappa shape index (κ1) is 14.7. The lowest BCUT2D eigenvalue weighted by atomic mass is 9.76. The first-order valence-corrected chi connectivity index (χ1v) is 7.57. The van der Waals surface area contributed by atoms with Crippen LogP contribution in [0.5, 0.6) is 0 Å². The second-order valence-electron chi connectivity index (χ2n) is 5.32. The summed E-state index contributed by atoms with van der Waals surface area (Å²) in [4.78, 5) is 12.2. The molecule has 4 nitrogen and oxygen atoms in total. The number of carbonyl (C=O) groups excluding carboxylic acids is 1. The lowest BCUT2D eigenvalue weighted by Gasteiger charge is -2.40. The molecule has 1 fully saturated rings. The lowest BCUT2D eigenvalue weighted by Crippen LogP contribution is -2.41. The molecule has 2 rings (SSSR count). The maximum Gasteiger partial charge on any atom is 0.141 e. The number of hydrogen-bond acceptors (Lipinski definition) is 3. The van der Waals surface area contributed by atoms with Crippen molar-refractivity contribution >= 4 is 21.7 Å². The molecule has 106 valence electrons. The molecule has 1 saturated carbocycles. The van der Waals surface area contributed by atoms with Gasteiger partial charge in [0.25, 0.3) is 0 Å². The van der Waals surface area contributed by atoms with Gasteiger partial charge in [-0.1, -0.05) is 6.92 Å². The molecule has 0 N–H and O–H groups in total. The maximum atomic E-state index is 12.2. The Labute approximate surface area is 122 Å². The van der Waals surface area contributed by atoms with E-state index in [1.165, 1.54) is 0 Å². The third-order valence-corrected chi connectivity index (χ3v) is 5.00. The van der Waals surface area contributed by atoms with E-state index in [2.05, 4.69) is 28.0 Å². The maximum absolute atomic E-state index is 12.2. The minimum atomic E-state index is -0.185. The van der Waals surface area contributed by atoms with Crippen molar-refractivity contribution < 1.29 is 9.53 Å². The molecule has 1 heterocycles. The molecule has 0 radical (unpaired) electrons.